The molecule has 0 atom stereocenters. The normalized spacial score (nSPS) is 10.5. The molecule has 0 saturated heterocycles. The third kappa shape index (κ3) is 2.21. The van der Waals surface area contributed by atoms with Crippen LogP contribution in [0.25, 0.3) is 5.82 Å². The summed E-state index contributed by atoms with van der Waals surface area (Å²) in [5.41, 5.74) is 2.06. The fraction of sp³-hybridized carbons (Fsp3) is 0.364. The summed E-state index contributed by atoms with van der Waals surface area (Å²) in [4.78, 5) is 8.40. The van der Waals surface area contributed by atoms with Crippen molar-refractivity contribution in [1.29, 1.82) is 0 Å². The van der Waals surface area contributed by atoms with E-state index < -0.39 is 0 Å². The predicted octanol–water partition coefficient (Wildman–Crippen LogP) is 1.92. The highest BCUT2D eigenvalue weighted by Crippen LogP contribution is 2.06. The van der Waals surface area contributed by atoms with Gasteiger partial charge in [-0.1, -0.05) is 13.3 Å². The van der Waals surface area contributed by atoms with Crippen LogP contribution in [0, 0.1) is 6.92 Å². The summed E-state index contributed by atoms with van der Waals surface area (Å²) in [5, 5.41) is 4.31. The molecule has 0 aliphatic heterocycles. The van der Waals surface area contributed by atoms with Gasteiger partial charge in [0.15, 0.2) is 5.82 Å². The maximum absolute atomic E-state index is 4.31. The Morgan fingerprint density at radius 1 is 1.33 bits per heavy atom. The molecule has 0 fully saturated rings. The summed E-state index contributed by atoms with van der Waals surface area (Å²) in [6.45, 7) is 4.10. The standard InChI is InChI=1S/C11H14N4/c1-3-4-10-7-11(13-8-12-10)15-6-5-9(2)14-15/h5-8H,3-4H2,1-2H3. The van der Waals surface area contributed by atoms with Crippen LogP contribution < -0.4 is 0 Å². The molecule has 2 aromatic heterocycles. The average molecular weight is 202 g/mol. The van der Waals surface area contributed by atoms with E-state index in [9.17, 15) is 0 Å². The lowest BCUT2D eigenvalue weighted by Crippen LogP contribution is -2.01. The van der Waals surface area contributed by atoms with Gasteiger partial charge in [0.2, 0.25) is 0 Å². The number of nitrogens with zero attached hydrogens (tertiary/aromatic N) is 4. The van der Waals surface area contributed by atoms with Gasteiger partial charge in [-0.2, -0.15) is 5.10 Å². The minimum Gasteiger partial charge on any atom is -0.241 e. The van der Waals surface area contributed by atoms with E-state index in [0.717, 1.165) is 30.0 Å². The number of hydrogen-bond acceptors (Lipinski definition) is 3. The first kappa shape index (κ1) is 9.83. The van der Waals surface area contributed by atoms with Crippen LogP contribution in [0.2, 0.25) is 0 Å². The Balaban J connectivity index is 2.32. The molecule has 0 unspecified atom stereocenters. The van der Waals surface area contributed by atoms with Gasteiger partial charge in [0, 0.05) is 18.0 Å². The molecule has 0 bridgehead atoms. The van der Waals surface area contributed by atoms with Crippen LogP contribution in [0.15, 0.2) is 24.7 Å². The van der Waals surface area contributed by atoms with Gasteiger partial charge >= 0.3 is 0 Å². The van der Waals surface area contributed by atoms with Crippen molar-refractivity contribution in [3.8, 4) is 5.82 Å². The fourth-order valence-corrected chi connectivity index (χ4v) is 1.45. The lowest BCUT2D eigenvalue weighted by Gasteiger charge is -2.02. The van der Waals surface area contributed by atoms with Crippen molar-refractivity contribution < 1.29 is 0 Å². The number of rotatable bonds is 3. The topological polar surface area (TPSA) is 43.6 Å². The zero-order chi connectivity index (χ0) is 10.7. The van der Waals surface area contributed by atoms with E-state index in [-0.39, 0.29) is 0 Å². The quantitative estimate of drug-likeness (QED) is 0.763. The van der Waals surface area contributed by atoms with E-state index in [1.165, 1.54) is 0 Å². The number of hydrogen-bond donors (Lipinski definition) is 0. The molecule has 0 spiro atoms. The Labute approximate surface area is 89.0 Å². The molecule has 0 N–H and O–H groups in total. The van der Waals surface area contributed by atoms with Crippen molar-refractivity contribution in [2.75, 3.05) is 0 Å². The molecule has 4 nitrogen and oxygen atoms in total. The monoisotopic (exact) mass is 202 g/mol. The van der Waals surface area contributed by atoms with Crippen molar-refractivity contribution >= 4 is 0 Å². The lowest BCUT2D eigenvalue weighted by molar-refractivity contribution is 0.804. The first-order chi connectivity index (χ1) is 7.29. The molecule has 4 heteroatoms. The molecule has 2 heterocycles. The summed E-state index contributed by atoms with van der Waals surface area (Å²) < 4.78 is 1.77. The van der Waals surface area contributed by atoms with E-state index in [2.05, 4.69) is 22.0 Å². The second-order valence-electron chi connectivity index (χ2n) is 3.52. The van der Waals surface area contributed by atoms with E-state index in [1.54, 1.807) is 11.0 Å². The third-order valence-corrected chi connectivity index (χ3v) is 2.17. The van der Waals surface area contributed by atoms with Crippen LogP contribution in [0.3, 0.4) is 0 Å². The van der Waals surface area contributed by atoms with Crippen LogP contribution >= 0.6 is 0 Å². The number of aryl methyl sites for hydroxylation is 2. The fourth-order valence-electron chi connectivity index (χ4n) is 1.45. The summed E-state index contributed by atoms with van der Waals surface area (Å²) in [5.74, 6) is 0.835. The maximum atomic E-state index is 4.31. The van der Waals surface area contributed by atoms with Gasteiger partial charge in [-0.15, -0.1) is 0 Å². The highest BCUT2D eigenvalue weighted by molar-refractivity contribution is 5.23. The van der Waals surface area contributed by atoms with Crippen molar-refractivity contribution in [2.24, 2.45) is 0 Å². The smallest absolute Gasteiger partial charge is 0.156 e. The van der Waals surface area contributed by atoms with Gasteiger partial charge in [0.1, 0.15) is 6.33 Å². The molecule has 0 aliphatic carbocycles. The van der Waals surface area contributed by atoms with Gasteiger partial charge in [-0.05, 0) is 19.4 Å². The molecule has 15 heavy (non-hydrogen) atoms. The molecular weight excluding hydrogens is 188 g/mol. The molecule has 0 aliphatic rings. The largest absolute Gasteiger partial charge is 0.241 e. The molecule has 2 rings (SSSR count). The van der Waals surface area contributed by atoms with E-state index in [1.807, 2.05) is 25.3 Å². The first-order valence-electron chi connectivity index (χ1n) is 5.13. The minimum absolute atomic E-state index is 0.835. The van der Waals surface area contributed by atoms with Crippen LogP contribution in [-0.2, 0) is 6.42 Å². The van der Waals surface area contributed by atoms with Gasteiger partial charge in [-0.25, -0.2) is 14.6 Å². The van der Waals surface area contributed by atoms with Crippen molar-refractivity contribution in [3.05, 3.63) is 36.0 Å². The lowest BCUT2D eigenvalue weighted by atomic mass is 10.2. The average Bonchev–Trinajstić information content (AvgIpc) is 2.66. The predicted molar refractivity (Wildman–Crippen MR) is 57.9 cm³/mol. The second-order valence-corrected chi connectivity index (χ2v) is 3.52. The van der Waals surface area contributed by atoms with E-state index in [4.69, 9.17) is 0 Å². The molecule has 0 radical (unpaired) electrons. The molecule has 0 saturated carbocycles. The molecule has 0 aromatic carbocycles. The highest BCUT2D eigenvalue weighted by Gasteiger charge is 2.01. The van der Waals surface area contributed by atoms with Gasteiger partial charge in [0.05, 0.1) is 5.69 Å². The Kier molecular flexibility index (Phi) is 2.76. The molecule has 78 valence electrons. The summed E-state index contributed by atoms with van der Waals surface area (Å²) in [6.07, 6.45) is 5.58. The maximum Gasteiger partial charge on any atom is 0.156 e. The first-order valence-corrected chi connectivity index (χ1v) is 5.13. The van der Waals surface area contributed by atoms with Crippen molar-refractivity contribution in [1.82, 2.24) is 19.7 Å². The molecule has 2 aromatic rings. The molecular formula is C11H14N4. The summed E-state index contributed by atoms with van der Waals surface area (Å²) in [7, 11) is 0. The van der Waals surface area contributed by atoms with Crippen LogP contribution in [0.4, 0.5) is 0 Å². The van der Waals surface area contributed by atoms with Crippen LogP contribution in [0.5, 0.6) is 0 Å². The van der Waals surface area contributed by atoms with Gasteiger partial charge in [-0.3, -0.25) is 0 Å². The Morgan fingerprint density at radius 3 is 2.87 bits per heavy atom. The Bertz CT molecular complexity index is 447. The summed E-state index contributed by atoms with van der Waals surface area (Å²) in [6, 6.07) is 3.94. The van der Waals surface area contributed by atoms with Crippen LogP contribution in [-0.4, -0.2) is 19.7 Å². The van der Waals surface area contributed by atoms with E-state index >= 15 is 0 Å². The van der Waals surface area contributed by atoms with Gasteiger partial charge in [0.25, 0.3) is 0 Å². The zero-order valence-corrected chi connectivity index (χ0v) is 9.01. The minimum atomic E-state index is 0.835. The Morgan fingerprint density at radius 2 is 2.20 bits per heavy atom. The number of aromatic nitrogens is 4. The summed E-state index contributed by atoms with van der Waals surface area (Å²) >= 11 is 0. The van der Waals surface area contributed by atoms with Crippen molar-refractivity contribution in [2.45, 2.75) is 26.7 Å². The van der Waals surface area contributed by atoms with Crippen LogP contribution in [0.1, 0.15) is 24.7 Å². The third-order valence-electron chi connectivity index (χ3n) is 2.17. The van der Waals surface area contributed by atoms with Crippen molar-refractivity contribution in [3.63, 3.8) is 0 Å². The molecule has 0 amide bonds. The van der Waals surface area contributed by atoms with Gasteiger partial charge < -0.3 is 0 Å². The zero-order valence-electron chi connectivity index (χ0n) is 9.01. The highest BCUT2D eigenvalue weighted by atomic mass is 15.3. The second kappa shape index (κ2) is 4.21. The van der Waals surface area contributed by atoms with E-state index in [0.29, 0.717) is 0 Å². The SMILES string of the molecule is CCCc1cc(-n2ccc(C)n2)ncn1. The Hall–Kier alpha value is -1.71.